The van der Waals surface area contributed by atoms with E-state index >= 15 is 0 Å². The number of ether oxygens (including phenoxy) is 2. The van der Waals surface area contributed by atoms with Crippen LogP contribution in [0.1, 0.15) is 6.92 Å². The first-order valence-electron chi connectivity index (χ1n) is 5.40. The zero-order valence-electron chi connectivity index (χ0n) is 9.59. The van der Waals surface area contributed by atoms with Crippen LogP contribution in [0.4, 0.5) is 5.82 Å². The van der Waals surface area contributed by atoms with Gasteiger partial charge in [-0.15, -0.1) is 0 Å². The van der Waals surface area contributed by atoms with Crippen LogP contribution in [0.2, 0.25) is 0 Å². The Hall–Kier alpha value is -2.23. The van der Waals surface area contributed by atoms with E-state index in [4.69, 9.17) is 15.2 Å². The molecule has 0 aliphatic carbocycles. The van der Waals surface area contributed by atoms with Crippen LogP contribution in [0, 0.1) is 0 Å². The molecule has 0 fully saturated rings. The lowest BCUT2D eigenvalue weighted by Gasteiger charge is -2.07. The van der Waals surface area contributed by atoms with Gasteiger partial charge in [0.05, 0.1) is 6.61 Å². The number of hydrogen-bond acceptors (Lipinski definition) is 4. The zero-order valence-corrected chi connectivity index (χ0v) is 9.59. The van der Waals surface area contributed by atoms with Gasteiger partial charge in [0, 0.05) is 12.3 Å². The van der Waals surface area contributed by atoms with Gasteiger partial charge in [-0.25, -0.2) is 4.98 Å². The highest BCUT2D eigenvalue weighted by molar-refractivity contribution is 5.39. The minimum atomic E-state index is 0.438. The van der Waals surface area contributed by atoms with E-state index in [-0.39, 0.29) is 0 Å². The molecule has 0 atom stereocenters. The average Bonchev–Trinajstić information content (AvgIpc) is 2.32. The number of nitrogens with zero attached hydrogens (tertiary/aromatic N) is 1. The van der Waals surface area contributed by atoms with E-state index < -0.39 is 0 Å². The Morgan fingerprint density at radius 1 is 1.06 bits per heavy atom. The molecule has 0 bridgehead atoms. The predicted octanol–water partition coefficient (Wildman–Crippen LogP) is 2.85. The van der Waals surface area contributed by atoms with Crippen LogP contribution >= 0.6 is 0 Å². The molecule has 1 heterocycles. The van der Waals surface area contributed by atoms with E-state index in [2.05, 4.69) is 4.98 Å². The van der Waals surface area contributed by atoms with Gasteiger partial charge in [-0.2, -0.15) is 0 Å². The van der Waals surface area contributed by atoms with E-state index in [1.807, 2.05) is 31.2 Å². The number of rotatable bonds is 4. The van der Waals surface area contributed by atoms with Crippen molar-refractivity contribution in [1.29, 1.82) is 0 Å². The Bertz CT molecular complexity index is 483. The Kier molecular flexibility index (Phi) is 3.45. The fourth-order valence-electron chi connectivity index (χ4n) is 1.40. The molecule has 2 aromatic rings. The highest BCUT2D eigenvalue weighted by Crippen LogP contribution is 2.24. The third-order valence-corrected chi connectivity index (χ3v) is 2.12. The van der Waals surface area contributed by atoms with E-state index in [0.717, 1.165) is 11.5 Å². The van der Waals surface area contributed by atoms with Gasteiger partial charge in [0.15, 0.2) is 0 Å². The van der Waals surface area contributed by atoms with E-state index in [9.17, 15) is 0 Å². The highest BCUT2D eigenvalue weighted by Gasteiger charge is 1.99. The van der Waals surface area contributed by atoms with E-state index in [1.165, 1.54) is 0 Å². The van der Waals surface area contributed by atoms with Crippen LogP contribution in [0.15, 0.2) is 42.6 Å². The molecule has 0 aliphatic rings. The summed E-state index contributed by atoms with van der Waals surface area (Å²) in [6, 6.07) is 10.9. The van der Waals surface area contributed by atoms with Gasteiger partial charge in [-0.3, -0.25) is 0 Å². The van der Waals surface area contributed by atoms with Crippen molar-refractivity contribution >= 4 is 5.82 Å². The van der Waals surface area contributed by atoms with Crippen LogP contribution in [0.3, 0.4) is 0 Å². The van der Waals surface area contributed by atoms with Gasteiger partial charge < -0.3 is 15.2 Å². The van der Waals surface area contributed by atoms with Crippen LogP contribution in [-0.4, -0.2) is 11.6 Å². The summed E-state index contributed by atoms with van der Waals surface area (Å²) < 4.78 is 11.0. The molecular formula is C13H14N2O2. The second-order valence-electron chi connectivity index (χ2n) is 3.42. The first-order chi connectivity index (χ1) is 8.28. The first-order valence-corrected chi connectivity index (χ1v) is 5.40. The van der Waals surface area contributed by atoms with Crippen LogP contribution in [-0.2, 0) is 0 Å². The van der Waals surface area contributed by atoms with Gasteiger partial charge >= 0.3 is 0 Å². The Labute approximate surface area is 100 Å². The zero-order chi connectivity index (χ0) is 12.1. The smallest absolute Gasteiger partial charge is 0.132 e. The molecule has 17 heavy (non-hydrogen) atoms. The second-order valence-corrected chi connectivity index (χ2v) is 3.42. The lowest BCUT2D eigenvalue weighted by molar-refractivity contribution is 0.339. The van der Waals surface area contributed by atoms with Crippen molar-refractivity contribution in [3.8, 4) is 17.2 Å². The molecular weight excluding hydrogens is 216 g/mol. The maximum atomic E-state index is 5.62. The molecule has 4 nitrogen and oxygen atoms in total. The molecule has 0 saturated heterocycles. The van der Waals surface area contributed by atoms with Gasteiger partial charge in [0.25, 0.3) is 0 Å². The van der Waals surface area contributed by atoms with Crippen LogP contribution < -0.4 is 15.2 Å². The van der Waals surface area contributed by atoms with Crippen molar-refractivity contribution in [2.45, 2.75) is 6.92 Å². The molecule has 1 aromatic carbocycles. The lowest BCUT2D eigenvalue weighted by Crippen LogP contribution is -1.92. The monoisotopic (exact) mass is 230 g/mol. The van der Waals surface area contributed by atoms with E-state index in [1.54, 1.807) is 18.3 Å². The van der Waals surface area contributed by atoms with Crippen molar-refractivity contribution in [1.82, 2.24) is 4.98 Å². The molecule has 0 aliphatic heterocycles. The molecule has 0 unspecified atom stereocenters. The number of pyridine rings is 1. The number of nitrogen functional groups attached to an aromatic ring is 1. The molecule has 0 spiro atoms. The summed E-state index contributed by atoms with van der Waals surface area (Å²) in [6.07, 6.45) is 1.61. The summed E-state index contributed by atoms with van der Waals surface area (Å²) in [5, 5.41) is 0. The number of anilines is 1. The molecule has 0 saturated carbocycles. The number of benzene rings is 1. The minimum Gasteiger partial charge on any atom is -0.494 e. The molecule has 4 heteroatoms. The van der Waals surface area contributed by atoms with Gasteiger partial charge in [-0.1, -0.05) is 0 Å². The van der Waals surface area contributed by atoms with Crippen molar-refractivity contribution in [2.24, 2.45) is 0 Å². The van der Waals surface area contributed by atoms with Crippen molar-refractivity contribution in [2.75, 3.05) is 12.3 Å². The molecule has 2 rings (SSSR count). The normalized spacial score (nSPS) is 9.94. The molecule has 88 valence electrons. The third kappa shape index (κ3) is 3.11. The fourth-order valence-corrected chi connectivity index (χ4v) is 1.40. The Morgan fingerprint density at radius 2 is 1.76 bits per heavy atom. The summed E-state index contributed by atoms with van der Waals surface area (Å²) in [5.41, 5.74) is 5.56. The standard InChI is InChI=1S/C13H14N2O2/c1-2-16-10-3-5-11(6-4-10)17-12-7-8-15-13(14)9-12/h3-9H,2H2,1H3,(H2,14,15). The minimum absolute atomic E-state index is 0.438. The molecule has 0 amide bonds. The van der Waals surface area contributed by atoms with Crippen molar-refractivity contribution < 1.29 is 9.47 Å². The maximum absolute atomic E-state index is 5.62. The molecule has 1 aromatic heterocycles. The van der Waals surface area contributed by atoms with Crippen molar-refractivity contribution in [3.63, 3.8) is 0 Å². The summed E-state index contributed by atoms with van der Waals surface area (Å²) in [5.74, 6) is 2.67. The maximum Gasteiger partial charge on any atom is 0.132 e. The number of hydrogen-bond donors (Lipinski definition) is 1. The third-order valence-electron chi connectivity index (χ3n) is 2.12. The quantitative estimate of drug-likeness (QED) is 0.877. The Balaban J connectivity index is 2.08. The number of nitrogens with two attached hydrogens (primary N) is 1. The van der Waals surface area contributed by atoms with Gasteiger partial charge in [0.2, 0.25) is 0 Å². The highest BCUT2D eigenvalue weighted by atomic mass is 16.5. The van der Waals surface area contributed by atoms with Crippen LogP contribution in [0.25, 0.3) is 0 Å². The summed E-state index contributed by atoms with van der Waals surface area (Å²) in [4.78, 5) is 3.90. The van der Waals surface area contributed by atoms with Gasteiger partial charge in [0.1, 0.15) is 23.1 Å². The first kappa shape index (κ1) is 11.3. The van der Waals surface area contributed by atoms with Crippen molar-refractivity contribution in [3.05, 3.63) is 42.6 Å². The fraction of sp³-hybridized carbons (Fsp3) is 0.154. The SMILES string of the molecule is CCOc1ccc(Oc2ccnc(N)c2)cc1. The van der Waals surface area contributed by atoms with Crippen LogP contribution in [0.5, 0.6) is 17.2 Å². The topological polar surface area (TPSA) is 57.4 Å². The van der Waals surface area contributed by atoms with Gasteiger partial charge in [-0.05, 0) is 37.3 Å². The predicted molar refractivity (Wildman–Crippen MR) is 66.3 cm³/mol. The molecule has 2 N–H and O–H groups in total. The average molecular weight is 230 g/mol. The second kappa shape index (κ2) is 5.21. The summed E-state index contributed by atoms with van der Waals surface area (Å²) in [6.45, 7) is 2.60. The Morgan fingerprint density at radius 3 is 2.41 bits per heavy atom. The molecule has 0 radical (unpaired) electrons. The summed E-state index contributed by atoms with van der Waals surface area (Å²) >= 11 is 0. The van der Waals surface area contributed by atoms with E-state index in [0.29, 0.717) is 18.2 Å². The number of aromatic nitrogens is 1. The lowest BCUT2D eigenvalue weighted by atomic mass is 10.3. The largest absolute Gasteiger partial charge is 0.494 e. The summed E-state index contributed by atoms with van der Waals surface area (Å²) in [7, 11) is 0.